The second-order valence-corrected chi connectivity index (χ2v) is 6.14. The quantitative estimate of drug-likeness (QED) is 0.831. The Morgan fingerprint density at radius 3 is 2.37 bits per heavy atom. The Morgan fingerprint density at radius 1 is 1.26 bits per heavy atom. The number of halogens is 2. The number of hydrogen-bond donors (Lipinski definition) is 0. The number of hydrogen-bond acceptors (Lipinski definition) is 2. The van der Waals surface area contributed by atoms with Gasteiger partial charge in [0.2, 0.25) is 0 Å². The first-order chi connectivity index (χ1) is 9.06. The molecule has 0 amide bonds. The Balaban J connectivity index is 1.91. The predicted molar refractivity (Wildman–Crippen MR) is 79.8 cm³/mol. The molecular weight excluding hydrogens is 281 g/mol. The first kappa shape index (κ1) is 14.8. The van der Waals surface area contributed by atoms with E-state index in [1.807, 2.05) is 18.2 Å². The summed E-state index contributed by atoms with van der Waals surface area (Å²) in [5.74, 6) is 0.850. The fraction of sp³-hybridized carbons (Fsp3) is 0.533. The molecule has 0 radical (unpaired) electrons. The van der Waals surface area contributed by atoms with Gasteiger partial charge in [-0.15, -0.1) is 0 Å². The minimum atomic E-state index is 0.299. The molecule has 1 aliphatic heterocycles. The molecule has 0 bridgehead atoms. The Morgan fingerprint density at radius 2 is 1.84 bits per heavy atom. The molecule has 0 spiro atoms. The number of Topliss-reactive ketones (excluding diaryl/α,β-unsaturated/α-hetero) is 1. The van der Waals surface area contributed by atoms with Crippen molar-refractivity contribution in [3.8, 4) is 0 Å². The molecule has 2 rings (SSSR count). The van der Waals surface area contributed by atoms with Crippen molar-refractivity contribution in [1.29, 1.82) is 0 Å². The minimum absolute atomic E-state index is 0.299. The smallest absolute Gasteiger partial charge is 0.130 e. The zero-order valence-electron chi connectivity index (χ0n) is 11.2. The van der Waals surface area contributed by atoms with Crippen molar-refractivity contribution < 1.29 is 4.79 Å². The summed E-state index contributed by atoms with van der Waals surface area (Å²) in [5, 5.41) is 1.47. The standard InChI is InChI=1S/C15H19Cl2NO/c1-11(19)9-12-5-7-18(8-6-12)10-13-14(16)3-2-4-15(13)17/h2-4,12H,5-10H2,1H3. The lowest BCUT2D eigenvalue weighted by Gasteiger charge is -2.32. The van der Waals surface area contributed by atoms with Crippen LogP contribution < -0.4 is 0 Å². The summed E-state index contributed by atoms with van der Waals surface area (Å²) in [6.45, 7) is 4.50. The van der Waals surface area contributed by atoms with Crippen molar-refractivity contribution in [3.05, 3.63) is 33.8 Å². The number of ketones is 1. The first-order valence-electron chi connectivity index (χ1n) is 6.71. The molecule has 104 valence electrons. The highest BCUT2D eigenvalue weighted by Crippen LogP contribution is 2.28. The molecule has 0 aliphatic carbocycles. The number of nitrogens with zero attached hydrogens (tertiary/aromatic N) is 1. The summed E-state index contributed by atoms with van der Waals surface area (Å²) in [4.78, 5) is 13.5. The zero-order chi connectivity index (χ0) is 13.8. The van der Waals surface area contributed by atoms with Crippen molar-refractivity contribution in [3.63, 3.8) is 0 Å². The lowest BCUT2D eigenvalue weighted by Crippen LogP contribution is -2.33. The second kappa shape index (κ2) is 6.74. The van der Waals surface area contributed by atoms with Gasteiger partial charge in [0.1, 0.15) is 5.78 Å². The highest BCUT2D eigenvalue weighted by atomic mass is 35.5. The second-order valence-electron chi connectivity index (χ2n) is 5.33. The van der Waals surface area contributed by atoms with Gasteiger partial charge in [-0.25, -0.2) is 0 Å². The van der Waals surface area contributed by atoms with E-state index in [-0.39, 0.29) is 0 Å². The van der Waals surface area contributed by atoms with Crippen molar-refractivity contribution >= 4 is 29.0 Å². The number of likely N-dealkylation sites (tertiary alicyclic amines) is 1. The van der Waals surface area contributed by atoms with E-state index in [0.29, 0.717) is 11.7 Å². The Bertz CT molecular complexity index is 433. The summed E-state index contributed by atoms with van der Waals surface area (Å²) in [6.07, 6.45) is 2.89. The Kier molecular flexibility index (Phi) is 5.26. The highest BCUT2D eigenvalue weighted by molar-refractivity contribution is 6.35. The van der Waals surface area contributed by atoms with Crippen LogP contribution in [-0.2, 0) is 11.3 Å². The monoisotopic (exact) mass is 299 g/mol. The molecule has 1 aromatic carbocycles. The molecule has 1 aromatic rings. The summed E-state index contributed by atoms with van der Waals surface area (Å²) < 4.78 is 0. The van der Waals surface area contributed by atoms with Crippen LogP contribution in [-0.4, -0.2) is 23.8 Å². The molecular formula is C15H19Cl2NO. The van der Waals surface area contributed by atoms with E-state index >= 15 is 0 Å². The van der Waals surface area contributed by atoms with Gasteiger partial charge >= 0.3 is 0 Å². The summed E-state index contributed by atoms with van der Waals surface area (Å²) >= 11 is 12.4. The summed E-state index contributed by atoms with van der Waals surface area (Å²) in [6, 6.07) is 5.63. The van der Waals surface area contributed by atoms with E-state index in [4.69, 9.17) is 23.2 Å². The largest absolute Gasteiger partial charge is 0.300 e. The molecule has 1 heterocycles. The van der Waals surface area contributed by atoms with Gasteiger partial charge in [0.15, 0.2) is 0 Å². The van der Waals surface area contributed by atoms with Crippen LogP contribution in [0, 0.1) is 5.92 Å². The maximum absolute atomic E-state index is 11.1. The van der Waals surface area contributed by atoms with Crippen molar-refractivity contribution in [2.45, 2.75) is 32.7 Å². The molecule has 19 heavy (non-hydrogen) atoms. The third kappa shape index (κ3) is 4.20. The van der Waals surface area contributed by atoms with E-state index in [1.165, 1.54) is 0 Å². The van der Waals surface area contributed by atoms with E-state index < -0.39 is 0 Å². The number of benzene rings is 1. The van der Waals surface area contributed by atoms with E-state index in [9.17, 15) is 4.79 Å². The third-order valence-corrected chi connectivity index (χ3v) is 4.43. The maximum Gasteiger partial charge on any atom is 0.130 e. The molecule has 1 fully saturated rings. The molecule has 0 aromatic heterocycles. The molecule has 0 N–H and O–H groups in total. The molecule has 0 saturated carbocycles. The van der Waals surface area contributed by atoms with E-state index in [2.05, 4.69) is 4.90 Å². The Hall–Kier alpha value is -0.570. The maximum atomic E-state index is 11.1. The summed E-state index contributed by atoms with van der Waals surface area (Å²) in [5.41, 5.74) is 1.01. The van der Waals surface area contributed by atoms with Crippen LogP contribution in [0.4, 0.5) is 0 Å². The average molecular weight is 300 g/mol. The van der Waals surface area contributed by atoms with Crippen LogP contribution in [0.1, 0.15) is 31.7 Å². The SMILES string of the molecule is CC(=O)CC1CCN(Cc2c(Cl)cccc2Cl)CC1. The van der Waals surface area contributed by atoms with Crippen LogP contribution in [0.3, 0.4) is 0 Å². The molecule has 2 nitrogen and oxygen atoms in total. The first-order valence-corrected chi connectivity index (χ1v) is 7.46. The van der Waals surface area contributed by atoms with Crippen LogP contribution in [0.2, 0.25) is 10.0 Å². The molecule has 0 atom stereocenters. The number of carbonyl (C=O) groups is 1. The summed E-state index contributed by atoms with van der Waals surface area (Å²) in [7, 11) is 0. The van der Waals surface area contributed by atoms with Gasteiger partial charge in [-0.05, 0) is 50.9 Å². The van der Waals surface area contributed by atoms with Crippen LogP contribution in [0.25, 0.3) is 0 Å². The molecule has 1 saturated heterocycles. The lowest BCUT2D eigenvalue weighted by molar-refractivity contribution is -0.118. The fourth-order valence-electron chi connectivity index (χ4n) is 2.66. The van der Waals surface area contributed by atoms with Gasteiger partial charge in [-0.2, -0.15) is 0 Å². The lowest BCUT2D eigenvalue weighted by atomic mass is 9.92. The normalized spacial score (nSPS) is 17.6. The van der Waals surface area contributed by atoms with Crippen molar-refractivity contribution in [1.82, 2.24) is 4.90 Å². The minimum Gasteiger partial charge on any atom is -0.300 e. The molecule has 0 unspecified atom stereocenters. The van der Waals surface area contributed by atoms with Gasteiger partial charge in [0.25, 0.3) is 0 Å². The number of rotatable bonds is 4. The predicted octanol–water partition coefficient (Wildman–Crippen LogP) is 4.18. The van der Waals surface area contributed by atoms with Crippen LogP contribution in [0.15, 0.2) is 18.2 Å². The topological polar surface area (TPSA) is 20.3 Å². The van der Waals surface area contributed by atoms with Crippen molar-refractivity contribution in [2.24, 2.45) is 5.92 Å². The third-order valence-electron chi connectivity index (χ3n) is 3.73. The van der Waals surface area contributed by atoms with Gasteiger partial charge in [0.05, 0.1) is 0 Å². The fourth-order valence-corrected chi connectivity index (χ4v) is 3.18. The van der Waals surface area contributed by atoms with Crippen LogP contribution in [0.5, 0.6) is 0 Å². The Labute approximate surface area is 124 Å². The average Bonchev–Trinajstić information content (AvgIpc) is 2.35. The van der Waals surface area contributed by atoms with E-state index in [1.54, 1.807) is 6.92 Å². The zero-order valence-corrected chi connectivity index (χ0v) is 12.7. The molecule has 1 aliphatic rings. The van der Waals surface area contributed by atoms with Gasteiger partial charge in [-0.3, -0.25) is 4.90 Å². The van der Waals surface area contributed by atoms with Gasteiger partial charge in [-0.1, -0.05) is 29.3 Å². The van der Waals surface area contributed by atoms with Gasteiger partial charge in [0, 0.05) is 28.6 Å². The van der Waals surface area contributed by atoms with Crippen LogP contribution >= 0.6 is 23.2 Å². The highest BCUT2D eigenvalue weighted by Gasteiger charge is 2.21. The van der Waals surface area contributed by atoms with E-state index in [0.717, 1.165) is 54.5 Å². The van der Waals surface area contributed by atoms with Gasteiger partial charge < -0.3 is 4.79 Å². The number of piperidine rings is 1. The van der Waals surface area contributed by atoms with Crippen molar-refractivity contribution in [2.75, 3.05) is 13.1 Å². The number of carbonyl (C=O) groups excluding carboxylic acids is 1. The molecule has 4 heteroatoms.